The van der Waals surface area contributed by atoms with E-state index in [9.17, 15) is 4.79 Å². The number of amides is 1. The third-order valence-corrected chi connectivity index (χ3v) is 6.20. The van der Waals surface area contributed by atoms with Crippen LogP contribution in [0.3, 0.4) is 0 Å². The molecule has 0 radical (unpaired) electrons. The molecule has 2 aliphatic heterocycles. The number of benzene rings is 1. The lowest BCUT2D eigenvalue weighted by Gasteiger charge is -2.33. The Morgan fingerprint density at radius 1 is 1.12 bits per heavy atom. The molecule has 2 aromatic rings. The van der Waals surface area contributed by atoms with Crippen LogP contribution in [-0.2, 0) is 17.8 Å². The Kier molecular flexibility index (Phi) is 5.04. The summed E-state index contributed by atoms with van der Waals surface area (Å²) in [5, 5.41) is 0. The number of rotatable bonds is 4. The number of hydrogen-bond donors (Lipinski definition) is 0. The van der Waals surface area contributed by atoms with Gasteiger partial charge in [-0.1, -0.05) is 24.3 Å². The summed E-state index contributed by atoms with van der Waals surface area (Å²) in [6, 6.07) is 13.2. The summed E-state index contributed by atoms with van der Waals surface area (Å²) in [4.78, 5) is 22.2. The van der Waals surface area contributed by atoms with Crippen molar-refractivity contribution in [2.24, 2.45) is 0 Å². The SMILES string of the molecule is O=C(CSc1ccncc1)N1CCC(N2CCc3ccccc3C2)C1. The van der Waals surface area contributed by atoms with Gasteiger partial charge >= 0.3 is 0 Å². The molecule has 3 heterocycles. The van der Waals surface area contributed by atoms with Crippen LogP contribution in [0.4, 0.5) is 0 Å². The van der Waals surface area contributed by atoms with Crippen LogP contribution >= 0.6 is 11.8 Å². The summed E-state index contributed by atoms with van der Waals surface area (Å²) in [5.41, 5.74) is 2.94. The van der Waals surface area contributed by atoms with Crippen molar-refractivity contribution in [1.29, 1.82) is 0 Å². The third-order valence-electron chi connectivity index (χ3n) is 5.20. The lowest BCUT2D eigenvalue weighted by Crippen LogP contribution is -2.41. The van der Waals surface area contributed by atoms with Crippen molar-refractivity contribution >= 4 is 17.7 Å². The van der Waals surface area contributed by atoms with Crippen LogP contribution in [0.2, 0.25) is 0 Å². The predicted molar refractivity (Wildman–Crippen MR) is 101 cm³/mol. The van der Waals surface area contributed by atoms with Gasteiger partial charge in [-0.2, -0.15) is 0 Å². The average Bonchev–Trinajstić information content (AvgIpc) is 3.17. The topological polar surface area (TPSA) is 36.4 Å². The first-order valence-corrected chi connectivity index (χ1v) is 9.89. The summed E-state index contributed by atoms with van der Waals surface area (Å²) < 4.78 is 0. The van der Waals surface area contributed by atoms with Crippen molar-refractivity contribution in [3.05, 3.63) is 59.9 Å². The largest absolute Gasteiger partial charge is 0.340 e. The molecule has 1 aromatic carbocycles. The molecule has 1 saturated heterocycles. The third kappa shape index (κ3) is 3.88. The molecule has 2 aliphatic rings. The Labute approximate surface area is 153 Å². The molecule has 25 heavy (non-hydrogen) atoms. The highest BCUT2D eigenvalue weighted by Gasteiger charge is 2.31. The second kappa shape index (κ2) is 7.58. The normalized spacial score (nSPS) is 20.5. The van der Waals surface area contributed by atoms with Gasteiger partial charge in [0.05, 0.1) is 5.75 Å². The molecule has 0 N–H and O–H groups in total. The Hall–Kier alpha value is -1.85. The van der Waals surface area contributed by atoms with E-state index in [1.807, 2.05) is 17.0 Å². The minimum Gasteiger partial charge on any atom is -0.340 e. The number of fused-ring (bicyclic) bond motifs is 1. The number of aromatic nitrogens is 1. The molecule has 1 aromatic heterocycles. The quantitative estimate of drug-likeness (QED) is 0.792. The van der Waals surface area contributed by atoms with Crippen molar-refractivity contribution in [3.63, 3.8) is 0 Å². The molecule has 1 amide bonds. The van der Waals surface area contributed by atoms with Gasteiger partial charge in [0.1, 0.15) is 0 Å². The van der Waals surface area contributed by atoms with Crippen molar-refractivity contribution in [2.45, 2.75) is 30.3 Å². The van der Waals surface area contributed by atoms with Crippen LogP contribution in [0.15, 0.2) is 53.7 Å². The van der Waals surface area contributed by atoms with E-state index in [2.05, 4.69) is 34.1 Å². The van der Waals surface area contributed by atoms with E-state index in [1.54, 1.807) is 24.2 Å². The number of thioether (sulfide) groups is 1. The van der Waals surface area contributed by atoms with E-state index in [0.717, 1.165) is 43.9 Å². The van der Waals surface area contributed by atoms with E-state index >= 15 is 0 Å². The van der Waals surface area contributed by atoms with Gasteiger partial charge in [0.15, 0.2) is 0 Å². The number of carbonyl (C=O) groups excluding carboxylic acids is 1. The summed E-state index contributed by atoms with van der Waals surface area (Å²) in [7, 11) is 0. The smallest absolute Gasteiger partial charge is 0.232 e. The van der Waals surface area contributed by atoms with E-state index in [0.29, 0.717) is 11.8 Å². The maximum atomic E-state index is 12.5. The molecule has 0 aliphatic carbocycles. The molecule has 4 nitrogen and oxygen atoms in total. The van der Waals surface area contributed by atoms with Gasteiger partial charge in [-0.15, -0.1) is 11.8 Å². The maximum absolute atomic E-state index is 12.5. The molecule has 5 heteroatoms. The molecular formula is C20H23N3OS. The number of pyridine rings is 1. The van der Waals surface area contributed by atoms with Gasteiger partial charge in [-0.3, -0.25) is 14.7 Å². The first-order chi connectivity index (χ1) is 12.3. The van der Waals surface area contributed by atoms with E-state index in [1.165, 1.54) is 11.1 Å². The molecule has 1 unspecified atom stereocenters. The monoisotopic (exact) mass is 353 g/mol. The Morgan fingerprint density at radius 2 is 1.92 bits per heavy atom. The Bertz CT molecular complexity index is 737. The second-order valence-electron chi connectivity index (χ2n) is 6.74. The lowest BCUT2D eigenvalue weighted by molar-refractivity contribution is -0.127. The summed E-state index contributed by atoms with van der Waals surface area (Å²) >= 11 is 1.60. The predicted octanol–water partition coefficient (Wildman–Crippen LogP) is 2.83. The number of nitrogens with zero attached hydrogens (tertiary/aromatic N) is 3. The van der Waals surface area contributed by atoms with Gasteiger partial charge in [0.25, 0.3) is 0 Å². The van der Waals surface area contributed by atoms with E-state index in [-0.39, 0.29) is 5.91 Å². The second-order valence-corrected chi connectivity index (χ2v) is 7.79. The first-order valence-electron chi connectivity index (χ1n) is 8.91. The van der Waals surface area contributed by atoms with Gasteiger partial charge < -0.3 is 4.90 Å². The molecule has 0 spiro atoms. The number of hydrogen-bond acceptors (Lipinski definition) is 4. The van der Waals surface area contributed by atoms with Gasteiger partial charge in [-0.05, 0) is 36.1 Å². The van der Waals surface area contributed by atoms with Gasteiger partial charge in [-0.25, -0.2) is 0 Å². The summed E-state index contributed by atoms with van der Waals surface area (Å²) in [6.45, 7) is 3.89. The Morgan fingerprint density at radius 3 is 2.76 bits per heavy atom. The number of likely N-dealkylation sites (tertiary alicyclic amines) is 1. The highest BCUT2D eigenvalue weighted by molar-refractivity contribution is 8.00. The fourth-order valence-electron chi connectivity index (χ4n) is 3.77. The lowest BCUT2D eigenvalue weighted by atomic mass is 9.98. The molecule has 1 atom stereocenters. The minimum atomic E-state index is 0.252. The highest BCUT2D eigenvalue weighted by atomic mass is 32.2. The highest BCUT2D eigenvalue weighted by Crippen LogP contribution is 2.25. The first kappa shape index (κ1) is 16.6. The Balaban J connectivity index is 1.30. The minimum absolute atomic E-state index is 0.252. The standard InChI is InChI=1S/C20H23N3OS/c24-20(15-25-19-5-9-21-10-6-19)23-12-8-18(14-23)22-11-7-16-3-1-2-4-17(16)13-22/h1-6,9-10,18H,7-8,11-15H2. The molecule has 130 valence electrons. The van der Waals surface area contributed by atoms with Crippen molar-refractivity contribution in [2.75, 3.05) is 25.4 Å². The van der Waals surface area contributed by atoms with Crippen molar-refractivity contribution in [1.82, 2.24) is 14.8 Å². The molecule has 1 fully saturated rings. The van der Waals surface area contributed by atoms with Crippen molar-refractivity contribution < 1.29 is 4.79 Å². The van der Waals surface area contributed by atoms with Crippen LogP contribution in [0.25, 0.3) is 0 Å². The van der Waals surface area contributed by atoms with Crippen molar-refractivity contribution in [3.8, 4) is 0 Å². The van der Waals surface area contributed by atoms with E-state index in [4.69, 9.17) is 0 Å². The fourth-order valence-corrected chi connectivity index (χ4v) is 4.55. The molecule has 0 bridgehead atoms. The number of carbonyl (C=O) groups is 1. The van der Waals surface area contributed by atoms with E-state index < -0.39 is 0 Å². The van der Waals surface area contributed by atoms with Gasteiger partial charge in [0.2, 0.25) is 5.91 Å². The average molecular weight is 353 g/mol. The molecular weight excluding hydrogens is 330 g/mol. The van der Waals surface area contributed by atoms with Crippen LogP contribution in [0.1, 0.15) is 17.5 Å². The zero-order chi connectivity index (χ0) is 17.1. The van der Waals surface area contributed by atoms with Gasteiger partial charge in [0, 0.05) is 49.5 Å². The maximum Gasteiger partial charge on any atom is 0.232 e. The van der Waals surface area contributed by atoms with Crippen LogP contribution in [-0.4, -0.2) is 52.1 Å². The molecule has 0 saturated carbocycles. The van der Waals surface area contributed by atoms with Crippen LogP contribution in [0, 0.1) is 0 Å². The summed E-state index contributed by atoms with van der Waals surface area (Å²) in [6.07, 6.45) is 5.76. The van der Waals surface area contributed by atoms with Crippen LogP contribution in [0.5, 0.6) is 0 Å². The molecule has 4 rings (SSSR count). The zero-order valence-electron chi connectivity index (χ0n) is 14.3. The summed E-state index contributed by atoms with van der Waals surface area (Å²) in [5.74, 6) is 0.765. The van der Waals surface area contributed by atoms with Crippen LogP contribution < -0.4 is 0 Å². The zero-order valence-corrected chi connectivity index (χ0v) is 15.1. The fraction of sp³-hybridized carbons (Fsp3) is 0.400.